The van der Waals surface area contributed by atoms with Gasteiger partial charge < -0.3 is 5.73 Å². The molecule has 0 saturated heterocycles. The van der Waals surface area contributed by atoms with E-state index in [0.29, 0.717) is 5.84 Å². The van der Waals surface area contributed by atoms with Gasteiger partial charge in [-0.15, -0.1) is 0 Å². The van der Waals surface area contributed by atoms with Crippen LogP contribution in [0.15, 0.2) is 35.3 Å². The van der Waals surface area contributed by atoms with Crippen LogP contribution in [0.25, 0.3) is 10.8 Å². The minimum Gasteiger partial charge on any atom is -0.383 e. The lowest BCUT2D eigenvalue weighted by atomic mass is 9.85. The van der Waals surface area contributed by atoms with Crippen molar-refractivity contribution in [3.63, 3.8) is 0 Å². The number of hydrogen-bond acceptors (Lipinski definition) is 2. The average molecular weight is 238 g/mol. The Morgan fingerprint density at radius 3 is 2.56 bits per heavy atom. The van der Waals surface area contributed by atoms with Crippen molar-refractivity contribution in [1.29, 1.82) is 0 Å². The second-order valence-corrected chi connectivity index (χ2v) is 6.02. The van der Waals surface area contributed by atoms with Gasteiger partial charge in [0.1, 0.15) is 5.84 Å². The molecule has 0 aliphatic carbocycles. The number of aliphatic imine (C=N–C) groups is 1. The van der Waals surface area contributed by atoms with Crippen LogP contribution in [0.5, 0.6) is 0 Å². The second kappa shape index (κ2) is 3.58. The molecule has 2 heteroatoms. The van der Waals surface area contributed by atoms with E-state index in [4.69, 9.17) is 5.73 Å². The highest BCUT2D eigenvalue weighted by Crippen LogP contribution is 2.29. The van der Waals surface area contributed by atoms with E-state index in [2.05, 4.69) is 56.1 Å². The van der Waals surface area contributed by atoms with E-state index in [9.17, 15) is 0 Å². The van der Waals surface area contributed by atoms with Crippen molar-refractivity contribution in [2.24, 2.45) is 10.7 Å². The molecule has 2 aromatic rings. The van der Waals surface area contributed by atoms with Gasteiger partial charge in [-0.2, -0.15) is 0 Å². The van der Waals surface area contributed by atoms with Crippen LogP contribution in [0, 0.1) is 0 Å². The Balaban J connectivity index is 2.21. The zero-order valence-corrected chi connectivity index (χ0v) is 11.1. The lowest BCUT2D eigenvalue weighted by Gasteiger charge is -2.19. The third-order valence-corrected chi connectivity index (χ3v) is 3.62. The molecule has 3 rings (SSSR count). The highest BCUT2D eigenvalue weighted by molar-refractivity contribution is 6.04. The third kappa shape index (κ3) is 1.69. The van der Waals surface area contributed by atoms with Crippen LogP contribution in [-0.2, 0) is 12.0 Å². The lowest BCUT2D eigenvalue weighted by molar-refractivity contribution is 0.591. The van der Waals surface area contributed by atoms with Crippen molar-refractivity contribution >= 4 is 16.6 Å². The van der Waals surface area contributed by atoms with Gasteiger partial charge in [0, 0.05) is 5.56 Å². The van der Waals surface area contributed by atoms with Gasteiger partial charge >= 0.3 is 0 Å². The van der Waals surface area contributed by atoms with Crippen molar-refractivity contribution in [1.82, 2.24) is 0 Å². The van der Waals surface area contributed by atoms with Gasteiger partial charge in [0.05, 0.1) is 6.54 Å². The number of rotatable bonds is 0. The number of amidine groups is 1. The molecule has 2 aromatic carbocycles. The Morgan fingerprint density at radius 2 is 1.83 bits per heavy atom. The molecule has 92 valence electrons. The summed E-state index contributed by atoms with van der Waals surface area (Å²) in [6.07, 6.45) is 0. The van der Waals surface area contributed by atoms with E-state index in [-0.39, 0.29) is 5.41 Å². The van der Waals surface area contributed by atoms with Crippen LogP contribution >= 0.6 is 0 Å². The molecular weight excluding hydrogens is 220 g/mol. The second-order valence-electron chi connectivity index (χ2n) is 6.02. The quantitative estimate of drug-likeness (QED) is 0.751. The Bertz CT molecular complexity index is 661. The maximum Gasteiger partial charge on any atom is 0.126 e. The van der Waals surface area contributed by atoms with Gasteiger partial charge in [-0.05, 0) is 39.4 Å². The number of hydrogen-bond donors (Lipinski definition) is 1. The molecule has 0 spiro atoms. The molecule has 0 aromatic heterocycles. The summed E-state index contributed by atoms with van der Waals surface area (Å²) in [6.45, 7) is 7.44. The molecule has 0 fully saturated rings. The molecule has 1 aliphatic rings. The van der Waals surface area contributed by atoms with Gasteiger partial charge in [0.25, 0.3) is 0 Å². The molecule has 0 bridgehead atoms. The van der Waals surface area contributed by atoms with E-state index in [0.717, 1.165) is 12.1 Å². The molecule has 2 nitrogen and oxygen atoms in total. The number of benzene rings is 2. The van der Waals surface area contributed by atoms with Crippen molar-refractivity contribution in [3.8, 4) is 0 Å². The fourth-order valence-electron chi connectivity index (χ4n) is 2.44. The molecule has 1 heterocycles. The Kier molecular flexibility index (Phi) is 2.24. The first kappa shape index (κ1) is 11.3. The predicted octanol–water partition coefficient (Wildman–Crippen LogP) is 3.36. The first-order chi connectivity index (χ1) is 8.45. The van der Waals surface area contributed by atoms with Crippen LogP contribution in [0.1, 0.15) is 37.5 Å². The summed E-state index contributed by atoms with van der Waals surface area (Å²) < 4.78 is 0. The largest absolute Gasteiger partial charge is 0.383 e. The van der Waals surface area contributed by atoms with Crippen LogP contribution < -0.4 is 5.73 Å². The first-order valence-electron chi connectivity index (χ1n) is 6.32. The fourth-order valence-corrected chi connectivity index (χ4v) is 2.44. The van der Waals surface area contributed by atoms with E-state index < -0.39 is 0 Å². The van der Waals surface area contributed by atoms with E-state index in [1.54, 1.807) is 0 Å². The standard InChI is InChI=1S/C16H18N2/c1-16(2,3)13-5-4-10-8-14-12(6-11(10)7-13)9-18-15(14)17/h4-8H,9H2,1-3H3,(H2,17,18). The monoisotopic (exact) mass is 238 g/mol. The molecule has 2 N–H and O–H groups in total. The topological polar surface area (TPSA) is 38.4 Å². The molecule has 0 radical (unpaired) electrons. The highest BCUT2D eigenvalue weighted by Gasteiger charge is 2.16. The fraction of sp³-hybridized carbons (Fsp3) is 0.312. The van der Waals surface area contributed by atoms with Crippen molar-refractivity contribution in [3.05, 3.63) is 47.0 Å². The van der Waals surface area contributed by atoms with Crippen LogP contribution in [0.2, 0.25) is 0 Å². The van der Waals surface area contributed by atoms with Crippen molar-refractivity contribution in [2.75, 3.05) is 0 Å². The number of nitrogens with two attached hydrogens (primary N) is 1. The van der Waals surface area contributed by atoms with Gasteiger partial charge in [0.15, 0.2) is 0 Å². The maximum absolute atomic E-state index is 5.89. The number of nitrogens with zero attached hydrogens (tertiary/aromatic N) is 1. The summed E-state index contributed by atoms with van der Waals surface area (Å²) in [4.78, 5) is 4.29. The summed E-state index contributed by atoms with van der Waals surface area (Å²) in [5.74, 6) is 0.673. The summed E-state index contributed by atoms with van der Waals surface area (Å²) >= 11 is 0. The van der Waals surface area contributed by atoms with Crippen molar-refractivity contribution in [2.45, 2.75) is 32.7 Å². The first-order valence-corrected chi connectivity index (χ1v) is 6.32. The van der Waals surface area contributed by atoms with Gasteiger partial charge in [-0.1, -0.05) is 39.0 Å². The Morgan fingerprint density at radius 1 is 1.06 bits per heavy atom. The van der Waals surface area contributed by atoms with Crippen LogP contribution in [0.3, 0.4) is 0 Å². The maximum atomic E-state index is 5.89. The molecular formula is C16H18N2. The van der Waals surface area contributed by atoms with E-state index >= 15 is 0 Å². The zero-order chi connectivity index (χ0) is 12.9. The summed E-state index contributed by atoms with van der Waals surface area (Å²) in [5, 5.41) is 2.52. The Labute approximate surface area is 108 Å². The van der Waals surface area contributed by atoms with E-state index in [1.807, 2.05) is 0 Å². The predicted molar refractivity (Wildman–Crippen MR) is 77.1 cm³/mol. The average Bonchev–Trinajstić information content (AvgIpc) is 2.66. The normalized spacial score (nSPS) is 14.7. The van der Waals surface area contributed by atoms with Gasteiger partial charge in [-0.25, -0.2) is 0 Å². The molecule has 0 amide bonds. The molecule has 0 saturated carbocycles. The highest BCUT2D eigenvalue weighted by atomic mass is 14.9. The number of fused-ring (bicyclic) bond motifs is 2. The minimum atomic E-state index is 0.183. The molecule has 0 atom stereocenters. The SMILES string of the molecule is CC(C)(C)c1ccc2cc3c(cc2c1)CN=C3N. The molecule has 18 heavy (non-hydrogen) atoms. The minimum absolute atomic E-state index is 0.183. The van der Waals surface area contributed by atoms with Crippen LogP contribution in [-0.4, -0.2) is 5.84 Å². The zero-order valence-electron chi connectivity index (χ0n) is 11.1. The summed E-state index contributed by atoms with van der Waals surface area (Å²) in [5.41, 5.74) is 9.78. The third-order valence-electron chi connectivity index (χ3n) is 3.62. The van der Waals surface area contributed by atoms with Crippen LogP contribution in [0.4, 0.5) is 0 Å². The molecule has 0 unspecified atom stereocenters. The van der Waals surface area contributed by atoms with Gasteiger partial charge in [0.2, 0.25) is 0 Å². The molecule has 1 aliphatic heterocycles. The lowest BCUT2D eigenvalue weighted by Crippen LogP contribution is -2.11. The summed E-state index contributed by atoms with van der Waals surface area (Å²) in [7, 11) is 0. The van der Waals surface area contributed by atoms with Gasteiger partial charge in [-0.3, -0.25) is 4.99 Å². The summed E-state index contributed by atoms with van der Waals surface area (Å²) in [6, 6.07) is 11.1. The van der Waals surface area contributed by atoms with E-state index in [1.165, 1.54) is 21.9 Å². The smallest absolute Gasteiger partial charge is 0.126 e. The Hall–Kier alpha value is -1.83. The van der Waals surface area contributed by atoms with Crippen molar-refractivity contribution < 1.29 is 0 Å².